The summed E-state index contributed by atoms with van der Waals surface area (Å²) in [5, 5.41) is 42.5. The fourth-order valence-corrected chi connectivity index (χ4v) is 1.03. The molecular formula is C8H14N2O9. The van der Waals surface area contributed by atoms with Crippen LogP contribution in [0.15, 0.2) is 0 Å². The van der Waals surface area contributed by atoms with Crippen LogP contribution in [0.3, 0.4) is 0 Å². The zero-order valence-corrected chi connectivity index (χ0v) is 9.52. The van der Waals surface area contributed by atoms with Crippen LogP contribution in [-0.4, -0.2) is 61.6 Å². The lowest BCUT2D eigenvalue weighted by molar-refractivity contribution is -0.150. The van der Waals surface area contributed by atoms with Crippen LogP contribution in [0, 0.1) is 0 Å². The van der Waals surface area contributed by atoms with E-state index >= 15 is 0 Å². The van der Waals surface area contributed by atoms with E-state index in [0.717, 1.165) is 0 Å². The minimum absolute atomic E-state index is 0.848. The third-order valence-corrected chi connectivity index (χ3v) is 1.76. The summed E-state index contributed by atoms with van der Waals surface area (Å²) in [5.74, 6) is -2.51. The van der Waals surface area contributed by atoms with Crippen LogP contribution in [0.2, 0.25) is 0 Å². The lowest BCUT2D eigenvalue weighted by Gasteiger charge is -2.17. The maximum absolute atomic E-state index is 10.6. The van der Waals surface area contributed by atoms with Gasteiger partial charge in [0.2, 0.25) is 0 Å². The van der Waals surface area contributed by atoms with Crippen LogP contribution in [0.4, 0.5) is 0 Å². The van der Waals surface area contributed by atoms with Crippen molar-refractivity contribution in [2.45, 2.75) is 24.9 Å². The first-order valence-corrected chi connectivity index (χ1v) is 4.65. The highest BCUT2D eigenvalue weighted by Gasteiger charge is 2.29. The fraction of sp³-hybridized carbons (Fsp3) is 0.500. The Kier molecular flexibility index (Phi) is 9.81. The van der Waals surface area contributed by atoms with Crippen LogP contribution in [0.1, 0.15) is 12.8 Å². The summed E-state index contributed by atoms with van der Waals surface area (Å²) in [7, 11) is 0. The maximum Gasteiger partial charge on any atom is 0.321 e. The largest absolute Gasteiger partial charge is 0.481 e. The molecule has 0 spiro atoms. The van der Waals surface area contributed by atoms with E-state index in [9.17, 15) is 19.2 Å². The molecule has 0 heterocycles. The highest BCUT2D eigenvalue weighted by molar-refractivity contribution is 5.84. The van der Waals surface area contributed by atoms with Gasteiger partial charge in [0.25, 0.3) is 0 Å². The van der Waals surface area contributed by atoms with Crippen molar-refractivity contribution in [3.63, 3.8) is 0 Å². The molecule has 0 aromatic rings. The molecule has 0 fully saturated rings. The zero-order chi connectivity index (χ0) is 15.6. The second-order valence-electron chi connectivity index (χ2n) is 3.14. The molecule has 8 N–H and O–H groups in total. The molecule has 0 saturated heterocycles. The van der Waals surface area contributed by atoms with Gasteiger partial charge in [-0.3, -0.25) is 24.5 Å². The van der Waals surface area contributed by atoms with Crippen molar-refractivity contribution in [3.8, 4) is 0 Å². The summed E-state index contributed by atoms with van der Waals surface area (Å²) in [6.07, 6.45) is -1.70. The van der Waals surface area contributed by atoms with E-state index in [4.69, 9.17) is 25.6 Å². The lowest BCUT2D eigenvalue weighted by Crippen LogP contribution is -2.48. The summed E-state index contributed by atoms with van der Waals surface area (Å²) in [6, 6.07) is -3.32. The molecule has 0 aliphatic rings. The molecule has 0 aromatic carbocycles. The Balaban J connectivity index is 0. The zero-order valence-electron chi connectivity index (χ0n) is 9.52. The van der Waals surface area contributed by atoms with Gasteiger partial charge in [0.1, 0.15) is 12.1 Å². The van der Waals surface area contributed by atoms with Gasteiger partial charge in [-0.2, -0.15) is 0 Å². The van der Waals surface area contributed by atoms with Gasteiger partial charge in [-0.1, -0.05) is 0 Å². The first-order valence-electron chi connectivity index (χ1n) is 4.65. The number of aliphatic carboxylic acids is 4. The fourth-order valence-electron chi connectivity index (χ4n) is 1.03. The number of carboxylic acid groups (broad SMARTS) is 4. The highest BCUT2D eigenvalue weighted by Crippen LogP contribution is 2.00. The van der Waals surface area contributed by atoms with E-state index in [1.54, 1.807) is 0 Å². The summed E-state index contributed by atoms with van der Waals surface area (Å²) >= 11 is 0. The van der Waals surface area contributed by atoms with Gasteiger partial charge in [-0.25, -0.2) is 5.90 Å². The number of rotatable bonds is 8. The smallest absolute Gasteiger partial charge is 0.321 e. The molecule has 0 radical (unpaired) electrons. The molecule has 0 bridgehead atoms. The van der Waals surface area contributed by atoms with Gasteiger partial charge >= 0.3 is 23.9 Å². The number of nitrogens with one attached hydrogen (secondary N) is 1. The Morgan fingerprint density at radius 3 is 1.21 bits per heavy atom. The molecule has 0 aromatic heterocycles. The second kappa shape index (κ2) is 9.76. The molecule has 11 heteroatoms. The maximum atomic E-state index is 10.6. The van der Waals surface area contributed by atoms with E-state index in [1.807, 2.05) is 5.32 Å². The Morgan fingerprint density at radius 2 is 1.05 bits per heavy atom. The molecule has 11 nitrogen and oxygen atoms in total. The van der Waals surface area contributed by atoms with Gasteiger partial charge in [-0.15, -0.1) is 0 Å². The average molecular weight is 282 g/mol. The van der Waals surface area contributed by atoms with Crippen molar-refractivity contribution in [3.05, 3.63) is 0 Å². The van der Waals surface area contributed by atoms with Crippen molar-refractivity contribution in [1.82, 2.24) is 5.32 Å². The molecule has 2 unspecified atom stereocenters. The van der Waals surface area contributed by atoms with Crippen molar-refractivity contribution in [1.29, 1.82) is 0 Å². The van der Waals surface area contributed by atoms with Crippen LogP contribution < -0.4 is 11.2 Å². The normalized spacial score (nSPS) is 12.5. The van der Waals surface area contributed by atoms with Gasteiger partial charge < -0.3 is 25.6 Å². The molecule has 0 amide bonds. The van der Waals surface area contributed by atoms with Gasteiger partial charge in [-0.05, 0) is 0 Å². The molecule has 0 saturated carbocycles. The molecule has 0 aliphatic heterocycles. The molecule has 19 heavy (non-hydrogen) atoms. The van der Waals surface area contributed by atoms with E-state index in [2.05, 4.69) is 5.90 Å². The first-order chi connectivity index (χ1) is 8.73. The Bertz CT molecular complexity index is 311. The predicted molar refractivity (Wildman–Crippen MR) is 56.5 cm³/mol. The summed E-state index contributed by atoms with van der Waals surface area (Å²) < 4.78 is 0. The van der Waals surface area contributed by atoms with E-state index < -0.39 is 48.8 Å². The summed E-state index contributed by atoms with van der Waals surface area (Å²) in [5.41, 5.74) is 0. The van der Waals surface area contributed by atoms with Crippen molar-refractivity contribution >= 4 is 23.9 Å². The van der Waals surface area contributed by atoms with Gasteiger partial charge in [0.15, 0.2) is 0 Å². The van der Waals surface area contributed by atoms with E-state index in [-0.39, 0.29) is 0 Å². The molecule has 0 aliphatic carbocycles. The number of nitrogens with two attached hydrogens (primary N) is 1. The van der Waals surface area contributed by atoms with Gasteiger partial charge in [0, 0.05) is 0 Å². The SMILES string of the molecule is NO.O=C(O)CC(NC(CC(=O)O)C(=O)O)C(=O)O. The van der Waals surface area contributed by atoms with Crippen LogP contribution in [0.5, 0.6) is 0 Å². The Morgan fingerprint density at radius 1 is 0.789 bits per heavy atom. The molecule has 2 atom stereocenters. The van der Waals surface area contributed by atoms with E-state index in [0.29, 0.717) is 0 Å². The number of hydrogen-bond donors (Lipinski definition) is 7. The Labute approximate surface area is 106 Å². The number of carbonyl (C=O) groups is 4. The third kappa shape index (κ3) is 9.46. The molecular weight excluding hydrogens is 268 g/mol. The summed E-state index contributed by atoms with van der Waals surface area (Å²) in [6.45, 7) is 0. The number of carboxylic acids is 4. The highest BCUT2D eigenvalue weighted by atomic mass is 16.4. The van der Waals surface area contributed by atoms with Gasteiger partial charge in [0.05, 0.1) is 12.8 Å². The van der Waals surface area contributed by atoms with Crippen molar-refractivity contribution in [2.75, 3.05) is 0 Å². The van der Waals surface area contributed by atoms with Crippen LogP contribution in [-0.2, 0) is 19.2 Å². The monoisotopic (exact) mass is 282 g/mol. The minimum atomic E-state index is -1.66. The average Bonchev–Trinajstić information content (AvgIpc) is 2.28. The number of hydrogen-bond acceptors (Lipinski definition) is 7. The molecule has 0 rings (SSSR count). The third-order valence-electron chi connectivity index (χ3n) is 1.76. The van der Waals surface area contributed by atoms with Crippen LogP contribution in [0.25, 0.3) is 0 Å². The van der Waals surface area contributed by atoms with Crippen molar-refractivity contribution in [2.24, 2.45) is 5.90 Å². The lowest BCUT2D eigenvalue weighted by atomic mass is 10.1. The Hall–Kier alpha value is -2.24. The quantitative estimate of drug-likeness (QED) is 0.237. The predicted octanol–water partition coefficient (Wildman–Crippen LogP) is -2.23. The minimum Gasteiger partial charge on any atom is -0.481 e. The summed E-state index contributed by atoms with van der Waals surface area (Å²) in [4.78, 5) is 41.9. The topological polar surface area (TPSA) is 207 Å². The first kappa shape index (κ1) is 19.1. The standard InChI is InChI=1S/C8H11NO8.H3NO/c10-5(11)1-3(7(14)15)9-4(8(16)17)2-6(12)13;1-2/h3-4,9H,1-2H2,(H,10,11)(H,12,13)(H,14,15)(H,16,17);2H,1H2. The van der Waals surface area contributed by atoms with Crippen molar-refractivity contribution < 1.29 is 44.8 Å². The second-order valence-corrected chi connectivity index (χ2v) is 3.14. The van der Waals surface area contributed by atoms with Crippen LogP contribution >= 0.6 is 0 Å². The molecule has 110 valence electrons. The van der Waals surface area contributed by atoms with E-state index in [1.165, 1.54) is 0 Å².